The van der Waals surface area contributed by atoms with E-state index in [1.165, 1.54) is 24.2 Å². The third kappa shape index (κ3) is 3.98. The lowest BCUT2D eigenvalue weighted by molar-refractivity contribution is -0.135. The first-order chi connectivity index (χ1) is 9.66. The van der Waals surface area contributed by atoms with Crippen LogP contribution in [0.15, 0.2) is 30.3 Å². The largest absolute Gasteiger partial charge is 0.480 e. The first-order valence-corrected chi connectivity index (χ1v) is 6.99. The van der Waals surface area contributed by atoms with Gasteiger partial charge in [-0.25, -0.2) is 4.79 Å². The molecule has 0 unspecified atom stereocenters. The van der Waals surface area contributed by atoms with Gasteiger partial charge in [0.25, 0.3) is 0 Å². The van der Waals surface area contributed by atoms with Crippen molar-refractivity contribution in [1.29, 1.82) is 0 Å². The molecule has 0 radical (unpaired) electrons. The number of hydrogen-bond acceptors (Lipinski definition) is 2. The lowest BCUT2D eigenvalue weighted by Gasteiger charge is -2.26. The Morgan fingerprint density at radius 1 is 1.25 bits per heavy atom. The van der Waals surface area contributed by atoms with Crippen LogP contribution in [-0.2, 0) is 4.79 Å². The first kappa shape index (κ1) is 14.4. The van der Waals surface area contributed by atoms with Crippen molar-refractivity contribution >= 4 is 17.7 Å². The topological polar surface area (TPSA) is 69.6 Å². The van der Waals surface area contributed by atoms with Gasteiger partial charge in [-0.2, -0.15) is 0 Å². The molecule has 0 atom stereocenters. The van der Waals surface area contributed by atoms with Crippen LogP contribution in [0.2, 0.25) is 0 Å². The van der Waals surface area contributed by atoms with E-state index in [1.54, 1.807) is 24.3 Å². The van der Waals surface area contributed by atoms with Gasteiger partial charge in [-0.05, 0) is 24.5 Å². The van der Waals surface area contributed by atoms with Crippen LogP contribution >= 0.6 is 0 Å². The van der Waals surface area contributed by atoms with E-state index in [4.69, 9.17) is 5.11 Å². The number of rotatable bonds is 6. The second-order valence-electron chi connectivity index (χ2n) is 5.13. The van der Waals surface area contributed by atoms with E-state index < -0.39 is 5.97 Å². The molecule has 20 heavy (non-hydrogen) atoms. The average Bonchev–Trinajstić information content (AvgIpc) is 2.39. The maximum Gasteiger partial charge on any atom is 0.323 e. The van der Waals surface area contributed by atoms with Crippen LogP contribution in [0.4, 0.5) is 10.5 Å². The standard InChI is InChI=1S/C15H20N2O3/c18-14(19)11-17(13-7-2-1-3-8-13)15(20)16-10-9-12-5-4-6-12/h1-3,7-8,12H,4-6,9-11H2,(H,16,20)(H,18,19). The molecule has 1 aromatic rings. The zero-order chi connectivity index (χ0) is 14.4. The van der Waals surface area contributed by atoms with Crippen molar-refractivity contribution in [2.24, 2.45) is 5.92 Å². The van der Waals surface area contributed by atoms with E-state index in [2.05, 4.69) is 5.32 Å². The minimum atomic E-state index is -1.03. The third-order valence-corrected chi connectivity index (χ3v) is 3.66. The van der Waals surface area contributed by atoms with Gasteiger partial charge in [0.15, 0.2) is 0 Å². The Kier molecular flexibility index (Phi) is 4.98. The molecule has 5 nitrogen and oxygen atoms in total. The summed E-state index contributed by atoms with van der Waals surface area (Å²) in [5.74, 6) is -0.303. The maximum atomic E-state index is 12.1. The van der Waals surface area contributed by atoms with Crippen LogP contribution in [0.1, 0.15) is 25.7 Å². The van der Waals surface area contributed by atoms with Crippen molar-refractivity contribution in [3.63, 3.8) is 0 Å². The Balaban J connectivity index is 1.91. The third-order valence-electron chi connectivity index (χ3n) is 3.66. The lowest BCUT2D eigenvalue weighted by Crippen LogP contribution is -2.43. The van der Waals surface area contributed by atoms with Crippen molar-refractivity contribution in [1.82, 2.24) is 5.32 Å². The second kappa shape index (κ2) is 6.93. The molecule has 0 heterocycles. The van der Waals surface area contributed by atoms with Gasteiger partial charge in [0.05, 0.1) is 0 Å². The predicted molar refractivity (Wildman–Crippen MR) is 76.8 cm³/mol. The molecule has 0 saturated heterocycles. The minimum Gasteiger partial charge on any atom is -0.480 e. The monoisotopic (exact) mass is 276 g/mol. The molecular formula is C15H20N2O3. The molecule has 108 valence electrons. The number of benzene rings is 1. The van der Waals surface area contributed by atoms with E-state index >= 15 is 0 Å². The summed E-state index contributed by atoms with van der Waals surface area (Å²) >= 11 is 0. The van der Waals surface area contributed by atoms with Gasteiger partial charge in [0.1, 0.15) is 6.54 Å². The number of para-hydroxylation sites is 1. The van der Waals surface area contributed by atoms with Gasteiger partial charge in [-0.3, -0.25) is 9.69 Å². The van der Waals surface area contributed by atoms with Gasteiger partial charge < -0.3 is 10.4 Å². The van der Waals surface area contributed by atoms with Gasteiger partial charge in [0.2, 0.25) is 0 Å². The smallest absolute Gasteiger partial charge is 0.323 e. The molecule has 1 aliphatic carbocycles. The lowest BCUT2D eigenvalue weighted by atomic mass is 9.83. The molecule has 0 spiro atoms. The Bertz CT molecular complexity index is 457. The molecule has 2 amide bonds. The highest BCUT2D eigenvalue weighted by atomic mass is 16.4. The first-order valence-electron chi connectivity index (χ1n) is 6.99. The fourth-order valence-corrected chi connectivity index (χ4v) is 2.28. The van der Waals surface area contributed by atoms with Crippen molar-refractivity contribution in [3.8, 4) is 0 Å². The summed E-state index contributed by atoms with van der Waals surface area (Å²) in [4.78, 5) is 24.3. The summed E-state index contributed by atoms with van der Waals surface area (Å²) in [5, 5.41) is 11.7. The summed E-state index contributed by atoms with van der Waals surface area (Å²) in [7, 11) is 0. The van der Waals surface area contributed by atoms with E-state index in [0.717, 1.165) is 12.3 Å². The normalized spacial score (nSPS) is 14.4. The molecule has 0 aliphatic heterocycles. The van der Waals surface area contributed by atoms with Gasteiger partial charge >= 0.3 is 12.0 Å². The number of amides is 2. The molecule has 2 rings (SSSR count). The Morgan fingerprint density at radius 2 is 1.95 bits per heavy atom. The van der Waals surface area contributed by atoms with Gasteiger partial charge in [-0.1, -0.05) is 37.5 Å². The number of urea groups is 1. The molecule has 1 aliphatic rings. The van der Waals surface area contributed by atoms with Crippen LogP contribution < -0.4 is 10.2 Å². The Labute approximate surface area is 118 Å². The second-order valence-corrected chi connectivity index (χ2v) is 5.13. The number of carboxylic acid groups (broad SMARTS) is 1. The summed E-state index contributed by atoms with van der Waals surface area (Å²) in [6.07, 6.45) is 4.75. The summed E-state index contributed by atoms with van der Waals surface area (Å²) in [6.45, 7) is 0.270. The molecule has 1 saturated carbocycles. The van der Waals surface area contributed by atoms with E-state index in [0.29, 0.717) is 12.2 Å². The van der Waals surface area contributed by atoms with Crippen LogP contribution in [0.3, 0.4) is 0 Å². The summed E-state index contributed by atoms with van der Waals surface area (Å²) in [5.41, 5.74) is 0.594. The molecule has 1 aromatic carbocycles. The maximum absolute atomic E-state index is 12.1. The molecule has 0 bridgehead atoms. The number of nitrogens with one attached hydrogen (secondary N) is 1. The highest BCUT2D eigenvalue weighted by Crippen LogP contribution is 2.28. The average molecular weight is 276 g/mol. The summed E-state index contributed by atoms with van der Waals surface area (Å²) in [6, 6.07) is 8.51. The van der Waals surface area contributed by atoms with Crippen LogP contribution in [0, 0.1) is 5.92 Å². The van der Waals surface area contributed by atoms with Crippen molar-refractivity contribution in [2.45, 2.75) is 25.7 Å². The number of aliphatic carboxylic acids is 1. The number of hydrogen-bond donors (Lipinski definition) is 2. The zero-order valence-electron chi connectivity index (χ0n) is 11.4. The Hall–Kier alpha value is -2.04. The minimum absolute atomic E-state index is 0.334. The molecule has 1 fully saturated rings. The van der Waals surface area contributed by atoms with E-state index in [1.807, 2.05) is 6.07 Å². The molecule has 2 N–H and O–H groups in total. The fourth-order valence-electron chi connectivity index (χ4n) is 2.28. The summed E-state index contributed by atoms with van der Waals surface area (Å²) < 4.78 is 0. The van der Waals surface area contributed by atoms with Crippen molar-refractivity contribution in [3.05, 3.63) is 30.3 Å². The van der Waals surface area contributed by atoms with Crippen molar-refractivity contribution in [2.75, 3.05) is 18.0 Å². The highest BCUT2D eigenvalue weighted by Gasteiger charge is 2.20. The van der Waals surface area contributed by atoms with Crippen LogP contribution in [-0.4, -0.2) is 30.2 Å². The molecule has 0 aromatic heterocycles. The van der Waals surface area contributed by atoms with Gasteiger partial charge in [-0.15, -0.1) is 0 Å². The van der Waals surface area contributed by atoms with Crippen LogP contribution in [0.25, 0.3) is 0 Å². The number of nitrogens with zero attached hydrogens (tertiary/aromatic N) is 1. The zero-order valence-corrected chi connectivity index (χ0v) is 11.4. The van der Waals surface area contributed by atoms with Crippen LogP contribution in [0.5, 0.6) is 0 Å². The highest BCUT2D eigenvalue weighted by molar-refractivity contribution is 5.96. The fraction of sp³-hybridized carbons (Fsp3) is 0.467. The SMILES string of the molecule is O=C(O)CN(C(=O)NCCC1CCC1)c1ccccc1. The van der Waals surface area contributed by atoms with E-state index in [-0.39, 0.29) is 12.6 Å². The molecular weight excluding hydrogens is 256 g/mol. The van der Waals surface area contributed by atoms with Crippen molar-refractivity contribution < 1.29 is 14.7 Å². The molecule has 5 heteroatoms. The number of anilines is 1. The number of carbonyl (C=O) groups is 2. The number of carboxylic acids is 1. The number of carbonyl (C=O) groups excluding carboxylic acids is 1. The Morgan fingerprint density at radius 3 is 2.50 bits per heavy atom. The predicted octanol–water partition coefficient (Wildman–Crippen LogP) is 2.48. The van der Waals surface area contributed by atoms with Gasteiger partial charge in [0, 0.05) is 12.2 Å². The quantitative estimate of drug-likeness (QED) is 0.838. The van der Waals surface area contributed by atoms with E-state index in [9.17, 15) is 9.59 Å².